The van der Waals surface area contributed by atoms with Gasteiger partial charge in [0.2, 0.25) is 15.9 Å². The summed E-state index contributed by atoms with van der Waals surface area (Å²) in [7, 11) is -3.16. The van der Waals surface area contributed by atoms with E-state index in [-0.39, 0.29) is 17.9 Å². The Morgan fingerprint density at radius 2 is 1.97 bits per heavy atom. The van der Waals surface area contributed by atoms with Gasteiger partial charge in [-0.3, -0.25) is 9.78 Å². The summed E-state index contributed by atoms with van der Waals surface area (Å²) in [5.74, 6) is 0.884. The summed E-state index contributed by atoms with van der Waals surface area (Å²) in [5.41, 5.74) is 3.47. The summed E-state index contributed by atoms with van der Waals surface area (Å²) in [6.45, 7) is 4.80. The maximum atomic E-state index is 11.7. The highest BCUT2D eigenvalue weighted by molar-refractivity contribution is 7.88. The van der Waals surface area contributed by atoms with Gasteiger partial charge >= 0.3 is 0 Å². The number of amides is 1. The number of carbonyl (C=O) groups is 1. The first-order valence-electron chi connectivity index (χ1n) is 11.4. The average Bonchev–Trinajstić information content (AvgIpc) is 3.48. The molecule has 0 saturated carbocycles. The molecule has 2 fully saturated rings. The Balaban J connectivity index is 1.35. The molecule has 1 amide bonds. The Labute approximate surface area is 198 Å². The summed E-state index contributed by atoms with van der Waals surface area (Å²) >= 11 is 0. The Morgan fingerprint density at radius 3 is 2.62 bits per heavy atom. The molecule has 1 N–H and O–H groups in total. The van der Waals surface area contributed by atoms with Gasteiger partial charge in [0.1, 0.15) is 17.4 Å². The molecule has 5 rings (SSSR count). The molecule has 3 aromatic heterocycles. The van der Waals surface area contributed by atoms with Crippen LogP contribution in [0.5, 0.6) is 5.75 Å². The van der Waals surface area contributed by atoms with Crippen molar-refractivity contribution < 1.29 is 17.9 Å². The van der Waals surface area contributed by atoms with Crippen molar-refractivity contribution in [2.45, 2.75) is 19.4 Å². The highest BCUT2D eigenvalue weighted by Gasteiger charge is 2.28. The Kier molecular flexibility index (Phi) is 5.90. The second-order valence-electron chi connectivity index (χ2n) is 8.90. The molecule has 0 aromatic carbocycles. The van der Waals surface area contributed by atoms with E-state index >= 15 is 0 Å². The molecular weight excluding hydrogens is 456 g/mol. The van der Waals surface area contributed by atoms with Crippen LogP contribution in [0.3, 0.4) is 0 Å². The number of rotatable bonds is 6. The van der Waals surface area contributed by atoms with Crippen LogP contribution in [-0.4, -0.2) is 78.3 Å². The molecular formula is C23H28N6O4S. The molecule has 2 atom stereocenters. The van der Waals surface area contributed by atoms with Crippen molar-refractivity contribution in [2.75, 3.05) is 43.9 Å². The summed E-state index contributed by atoms with van der Waals surface area (Å²) in [6.07, 6.45) is 7.05. The molecule has 11 heteroatoms. The van der Waals surface area contributed by atoms with E-state index < -0.39 is 10.0 Å². The standard InChI is InChI=1S/C23H28N6O4S/c1-16(17-12-23(30)25-13-17)33-22-11-18(15-29-21(22)5-6-26-29)20-4-3-19(14-24-20)27-7-9-28(10-8-27)34(2,31)32/h3-6,11,14-17H,7-10,12-13H2,1-2H3,(H,25,30). The number of nitrogens with zero attached hydrogens (tertiary/aromatic N) is 5. The van der Waals surface area contributed by atoms with Gasteiger partial charge in [-0.1, -0.05) is 0 Å². The van der Waals surface area contributed by atoms with E-state index in [2.05, 4.69) is 20.3 Å². The van der Waals surface area contributed by atoms with E-state index in [4.69, 9.17) is 4.74 Å². The van der Waals surface area contributed by atoms with Gasteiger partial charge in [-0.15, -0.1) is 0 Å². The molecule has 2 aliphatic rings. The minimum atomic E-state index is -3.16. The SMILES string of the molecule is CC(Oc1cc(-c2ccc(N3CCN(S(C)(=O)=O)CC3)cn2)cn2nccc12)C1CNC(=O)C1. The molecule has 0 spiro atoms. The molecule has 34 heavy (non-hydrogen) atoms. The number of hydrogen-bond acceptors (Lipinski definition) is 7. The van der Waals surface area contributed by atoms with E-state index in [0.717, 1.165) is 22.5 Å². The summed E-state index contributed by atoms with van der Waals surface area (Å²) in [4.78, 5) is 18.4. The van der Waals surface area contributed by atoms with E-state index in [9.17, 15) is 13.2 Å². The molecule has 0 bridgehead atoms. The van der Waals surface area contributed by atoms with Crippen molar-refractivity contribution in [3.05, 3.63) is 42.9 Å². The zero-order valence-corrected chi connectivity index (χ0v) is 20.0. The number of hydrogen-bond donors (Lipinski definition) is 1. The van der Waals surface area contributed by atoms with Crippen LogP contribution >= 0.6 is 0 Å². The molecule has 10 nitrogen and oxygen atoms in total. The summed E-state index contributed by atoms with van der Waals surface area (Å²) < 4.78 is 33.1. The van der Waals surface area contributed by atoms with Crippen LogP contribution in [0.4, 0.5) is 5.69 Å². The number of nitrogens with one attached hydrogen (secondary N) is 1. The third kappa shape index (κ3) is 4.58. The fraction of sp³-hybridized carbons (Fsp3) is 0.435. The van der Waals surface area contributed by atoms with Crippen molar-refractivity contribution in [1.29, 1.82) is 0 Å². The number of ether oxygens (including phenoxy) is 1. The lowest BCUT2D eigenvalue weighted by Crippen LogP contribution is -2.48. The normalized spacial score (nSPS) is 20.5. The lowest BCUT2D eigenvalue weighted by Gasteiger charge is -2.34. The molecule has 0 radical (unpaired) electrons. The van der Waals surface area contributed by atoms with Crippen molar-refractivity contribution in [3.63, 3.8) is 0 Å². The van der Waals surface area contributed by atoms with E-state index in [0.29, 0.717) is 44.9 Å². The van der Waals surface area contributed by atoms with Gasteiger partial charge in [0.15, 0.2) is 0 Å². The monoisotopic (exact) mass is 484 g/mol. The van der Waals surface area contributed by atoms with Gasteiger partial charge in [0.05, 0.1) is 30.0 Å². The fourth-order valence-corrected chi connectivity index (χ4v) is 5.34. The highest BCUT2D eigenvalue weighted by Crippen LogP contribution is 2.30. The van der Waals surface area contributed by atoms with Gasteiger partial charge in [-0.2, -0.15) is 9.40 Å². The lowest BCUT2D eigenvalue weighted by atomic mass is 10.0. The Hall–Kier alpha value is -3.18. The number of pyridine rings is 2. The van der Waals surface area contributed by atoms with Crippen molar-refractivity contribution in [2.24, 2.45) is 5.92 Å². The smallest absolute Gasteiger partial charge is 0.220 e. The molecule has 5 heterocycles. The number of aromatic nitrogens is 3. The van der Waals surface area contributed by atoms with Crippen molar-refractivity contribution in [3.8, 4) is 17.0 Å². The predicted molar refractivity (Wildman–Crippen MR) is 128 cm³/mol. The summed E-state index contributed by atoms with van der Waals surface area (Å²) in [6, 6.07) is 7.82. The largest absolute Gasteiger partial charge is 0.488 e. The second kappa shape index (κ2) is 8.88. The van der Waals surface area contributed by atoms with Crippen LogP contribution in [0.15, 0.2) is 42.9 Å². The van der Waals surface area contributed by atoms with Crippen LogP contribution < -0.4 is 15.0 Å². The van der Waals surface area contributed by atoms with Gasteiger partial charge in [0.25, 0.3) is 0 Å². The number of carbonyl (C=O) groups excluding carboxylic acids is 1. The zero-order valence-electron chi connectivity index (χ0n) is 19.2. The van der Waals surface area contributed by atoms with Gasteiger partial charge in [0, 0.05) is 56.8 Å². The third-order valence-corrected chi connectivity index (χ3v) is 7.88. The van der Waals surface area contributed by atoms with Gasteiger partial charge < -0.3 is 15.0 Å². The zero-order chi connectivity index (χ0) is 23.9. The number of anilines is 1. The Bertz CT molecular complexity index is 1300. The highest BCUT2D eigenvalue weighted by atomic mass is 32.2. The van der Waals surface area contributed by atoms with E-state index in [1.807, 2.05) is 43.6 Å². The molecule has 2 unspecified atom stereocenters. The minimum absolute atomic E-state index is 0.0609. The van der Waals surface area contributed by atoms with Crippen LogP contribution in [0, 0.1) is 5.92 Å². The van der Waals surface area contributed by atoms with E-state index in [1.165, 1.54) is 10.6 Å². The predicted octanol–water partition coefficient (Wildman–Crippen LogP) is 1.38. The first-order valence-corrected chi connectivity index (χ1v) is 13.2. The average molecular weight is 485 g/mol. The molecule has 0 aliphatic carbocycles. The number of fused-ring (bicyclic) bond motifs is 1. The molecule has 2 aliphatic heterocycles. The van der Waals surface area contributed by atoms with Crippen LogP contribution in [0.2, 0.25) is 0 Å². The maximum absolute atomic E-state index is 11.7. The first kappa shape index (κ1) is 22.6. The molecule has 2 saturated heterocycles. The van der Waals surface area contributed by atoms with E-state index in [1.54, 1.807) is 10.7 Å². The number of piperazine rings is 1. The lowest BCUT2D eigenvalue weighted by molar-refractivity contribution is -0.119. The quantitative estimate of drug-likeness (QED) is 0.563. The number of sulfonamides is 1. The fourth-order valence-electron chi connectivity index (χ4n) is 4.51. The minimum Gasteiger partial charge on any atom is -0.488 e. The Morgan fingerprint density at radius 1 is 1.18 bits per heavy atom. The first-order chi connectivity index (χ1) is 16.3. The van der Waals surface area contributed by atoms with Crippen LogP contribution in [0.1, 0.15) is 13.3 Å². The summed E-state index contributed by atoms with van der Waals surface area (Å²) in [5, 5.41) is 7.25. The maximum Gasteiger partial charge on any atom is 0.220 e. The molecule has 3 aromatic rings. The second-order valence-corrected chi connectivity index (χ2v) is 10.9. The van der Waals surface area contributed by atoms with Crippen LogP contribution in [-0.2, 0) is 14.8 Å². The van der Waals surface area contributed by atoms with Crippen molar-refractivity contribution >= 4 is 27.1 Å². The van der Waals surface area contributed by atoms with Crippen molar-refractivity contribution in [1.82, 2.24) is 24.2 Å². The topological polar surface area (TPSA) is 109 Å². The van der Waals surface area contributed by atoms with Gasteiger partial charge in [-0.25, -0.2) is 12.9 Å². The third-order valence-electron chi connectivity index (χ3n) is 6.57. The molecule has 180 valence electrons. The van der Waals surface area contributed by atoms with Crippen LogP contribution in [0.25, 0.3) is 16.8 Å². The van der Waals surface area contributed by atoms with Gasteiger partial charge in [-0.05, 0) is 31.2 Å².